The van der Waals surface area contributed by atoms with Gasteiger partial charge in [-0.2, -0.15) is 0 Å². The van der Waals surface area contributed by atoms with E-state index in [1.165, 1.54) is 11.0 Å². The van der Waals surface area contributed by atoms with Crippen LogP contribution in [0.15, 0.2) is 72.6 Å². The molecule has 6 N–H and O–H groups in total. The van der Waals surface area contributed by atoms with Gasteiger partial charge in [-0.25, -0.2) is 13.6 Å². The molecule has 14 nitrogen and oxygen atoms in total. The number of ether oxygens (including phenoxy) is 2. The molecule has 16 heteroatoms. The lowest BCUT2D eigenvalue weighted by Crippen LogP contribution is -2.48. The lowest BCUT2D eigenvalue weighted by atomic mass is 9.82. The summed E-state index contributed by atoms with van der Waals surface area (Å²) < 4.78 is 41.8. The van der Waals surface area contributed by atoms with Crippen molar-refractivity contribution in [1.29, 1.82) is 0 Å². The van der Waals surface area contributed by atoms with Crippen molar-refractivity contribution in [2.24, 2.45) is 11.1 Å². The highest BCUT2D eigenvalue weighted by atomic mass is 19.1. The van der Waals surface area contributed by atoms with Crippen molar-refractivity contribution < 1.29 is 47.3 Å². The molecule has 2 aromatic carbocycles. The van der Waals surface area contributed by atoms with Crippen molar-refractivity contribution in [2.75, 3.05) is 26.2 Å². The van der Waals surface area contributed by atoms with Crippen molar-refractivity contribution in [3.63, 3.8) is 0 Å². The lowest BCUT2D eigenvalue weighted by Gasteiger charge is -2.41. The standard InChI is InChI=1S/C44H60F2N6O8/c1-42(2,3)38(35-23-29(31-24-30(45)15-16-32(31)46)26-51(35)25-28-13-11-10-12-14-28)52(36(54)27-53)22-19-33(47)39(56)48-20-21-49-40(57)34(50-41(58)60-44(7,8)9)17-18-37(55)59-43(4,5)6/h10-17,23-24,26,33,38,53H,18-22,25,27,47H2,1-9H3,(H,48,56)(H,49,57)(H,50,58)/b34-17-/t33-,38-/m0/s1. The van der Waals surface area contributed by atoms with Crippen molar-refractivity contribution >= 4 is 29.8 Å². The summed E-state index contributed by atoms with van der Waals surface area (Å²) in [5.74, 6) is -3.84. The molecule has 60 heavy (non-hydrogen) atoms. The van der Waals surface area contributed by atoms with Crippen molar-refractivity contribution in [3.05, 3.63) is 95.5 Å². The van der Waals surface area contributed by atoms with Crippen LogP contribution in [0, 0.1) is 17.0 Å². The fourth-order valence-corrected chi connectivity index (χ4v) is 6.28. The number of amides is 4. The zero-order chi connectivity index (χ0) is 45.0. The fourth-order valence-electron chi connectivity index (χ4n) is 6.28. The number of aromatic nitrogens is 1. The minimum Gasteiger partial charge on any atom is -0.460 e. The number of nitrogens with zero attached hydrogens (tertiary/aromatic N) is 2. The highest BCUT2D eigenvalue weighted by Crippen LogP contribution is 2.41. The monoisotopic (exact) mass is 838 g/mol. The van der Waals surface area contributed by atoms with E-state index >= 15 is 4.39 Å². The van der Waals surface area contributed by atoms with Crippen LogP contribution in [-0.4, -0.2) is 87.8 Å². The van der Waals surface area contributed by atoms with E-state index in [1.54, 1.807) is 53.8 Å². The van der Waals surface area contributed by atoms with E-state index in [1.807, 2.05) is 55.7 Å². The second kappa shape index (κ2) is 21.1. The topological polar surface area (TPSA) is 194 Å². The highest BCUT2D eigenvalue weighted by molar-refractivity contribution is 5.96. The normalized spacial score (nSPS) is 13.2. The number of benzene rings is 2. The minimum atomic E-state index is -1.12. The average molecular weight is 839 g/mol. The summed E-state index contributed by atoms with van der Waals surface area (Å²) in [7, 11) is 0. The molecule has 3 rings (SSSR count). The van der Waals surface area contributed by atoms with Gasteiger partial charge < -0.3 is 40.4 Å². The molecule has 1 aromatic heterocycles. The second-order valence-electron chi connectivity index (χ2n) is 17.4. The van der Waals surface area contributed by atoms with Gasteiger partial charge in [0.1, 0.15) is 35.1 Å². The van der Waals surface area contributed by atoms with Gasteiger partial charge in [0, 0.05) is 49.2 Å². The summed E-state index contributed by atoms with van der Waals surface area (Å²) in [5.41, 5.74) is 5.66. The van der Waals surface area contributed by atoms with Crippen molar-refractivity contribution in [3.8, 4) is 11.1 Å². The molecule has 0 saturated heterocycles. The zero-order valence-corrected chi connectivity index (χ0v) is 36.0. The first-order chi connectivity index (χ1) is 27.9. The number of carbonyl (C=O) groups excluding carboxylic acids is 5. The van der Waals surface area contributed by atoms with Crippen LogP contribution in [-0.2, 0) is 35.2 Å². The van der Waals surface area contributed by atoms with Crippen molar-refractivity contribution in [2.45, 2.75) is 105 Å². The Kier molecular flexibility index (Phi) is 17.1. The van der Waals surface area contributed by atoms with Crippen LogP contribution in [0.25, 0.3) is 11.1 Å². The van der Waals surface area contributed by atoms with Crippen LogP contribution in [0.2, 0.25) is 0 Å². The molecule has 328 valence electrons. The van der Waals surface area contributed by atoms with Crippen LogP contribution < -0.4 is 21.7 Å². The van der Waals surface area contributed by atoms with Crippen LogP contribution >= 0.6 is 0 Å². The van der Waals surface area contributed by atoms with Gasteiger partial charge in [-0.3, -0.25) is 24.5 Å². The maximum atomic E-state index is 15.1. The number of halogens is 2. The minimum absolute atomic E-state index is 0.0291. The Morgan fingerprint density at radius 1 is 0.883 bits per heavy atom. The van der Waals surface area contributed by atoms with Gasteiger partial charge in [0.15, 0.2) is 0 Å². The van der Waals surface area contributed by atoms with Gasteiger partial charge in [0.05, 0.1) is 18.5 Å². The van der Waals surface area contributed by atoms with Gasteiger partial charge in [-0.15, -0.1) is 0 Å². The van der Waals surface area contributed by atoms with Gasteiger partial charge >= 0.3 is 12.1 Å². The van der Waals surface area contributed by atoms with E-state index < -0.39 is 76.7 Å². The summed E-state index contributed by atoms with van der Waals surface area (Å²) >= 11 is 0. The number of nitrogens with one attached hydrogen (secondary N) is 3. The third-order valence-electron chi connectivity index (χ3n) is 8.73. The maximum Gasteiger partial charge on any atom is 0.412 e. The van der Waals surface area contributed by atoms with E-state index in [2.05, 4.69) is 16.0 Å². The third-order valence-corrected chi connectivity index (χ3v) is 8.73. The molecule has 0 radical (unpaired) electrons. The Balaban J connectivity index is 1.77. The Labute approximate surface area is 350 Å². The second-order valence-corrected chi connectivity index (χ2v) is 17.4. The predicted octanol–water partition coefficient (Wildman–Crippen LogP) is 5.48. The SMILES string of the molecule is CC(C)(C)OC(=O)C/C=C(\NC(=O)OC(C)(C)C)C(=O)NCCNC(=O)[C@@H](N)CCN(C(=O)CO)[C@@H](c1cc(-c2cc(F)ccc2F)cn1Cc1ccccc1)C(C)(C)C. The first-order valence-corrected chi connectivity index (χ1v) is 19.7. The van der Waals surface area contributed by atoms with E-state index in [-0.39, 0.29) is 43.7 Å². The molecule has 0 aliphatic carbocycles. The number of nitrogens with two attached hydrogens (primary N) is 1. The van der Waals surface area contributed by atoms with E-state index in [0.29, 0.717) is 17.8 Å². The molecule has 0 saturated carbocycles. The summed E-state index contributed by atoms with van der Waals surface area (Å²) in [6, 6.07) is 12.5. The van der Waals surface area contributed by atoms with Crippen LogP contribution in [0.1, 0.15) is 92.5 Å². The molecular formula is C44H60F2N6O8. The largest absolute Gasteiger partial charge is 0.460 e. The quantitative estimate of drug-likeness (QED) is 0.0665. The van der Waals surface area contributed by atoms with Gasteiger partial charge in [-0.05, 0) is 89.3 Å². The average Bonchev–Trinajstić information content (AvgIpc) is 3.54. The number of esters is 1. The molecule has 3 aromatic rings. The summed E-state index contributed by atoms with van der Waals surface area (Å²) in [6.07, 6.45) is 1.63. The molecular weight excluding hydrogens is 779 g/mol. The predicted molar refractivity (Wildman–Crippen MR) is 223 cm³/mol. The van der Waals surface area contributed by atoms with Crippen molar-refractivity contribution in [1.82, 2.24) is 25.4 Å². The molecule has 0 aliphatic rings. The molecule has 0 fully saturated rings. The molecule has 0 unspecified atom stereocenters. The summed E-state index contributed by atoms with van der Waals surface area (Å²) in [5, 5.41) is 17.7. The van der Waals surface area contributed by atoms with Gasteiger partial charge in [-0.1, -0.05) is 51.1 Å². The molecule has 0 bridgehead atoms. The highest BCUT2D eigenvalue weighted by Gasteiger charge is 2.37. The van der Waals surface area contributed by atoms with Gasteiger partial charge in [0.25, 0.3) is 5.91 Å². The summed E-state index contributed by atoms with van der Waals surface area (Å²) in [4.78, 5) is 65.9. The number of hydrogen-bond donors (Lipinski definition) is 5. The summed E-state index contributed by atoms with van der Waals surface area (Å²) in [6.45, 7) is 15.0. The molecule has 1 heterocycles. The van der Waals surface area contributed by atoms with E-state index in [0.717, 1.165) is 23.8 Å². The number of alkyl carbamates (subject to hydrolysis) is 1. The molecule has 2 atom stereocenters. The zero-order valence-electron chi connectivity index (χ0n) is 36.0. The Bertz CT molecular complexity index is 2000. The number of rotatable bonds is 17. The van der Waals surface area contributed by atoms with E-state index in [4.69, 9.17) is 15.2 Å². The number of aliphatic hydroxyl groups excluding tert-OH is 1. The fraction of sp³-hybridized carbons (Fsp3) is 0.477. The molecule has 4 amide bonds. The Hall–Kier alpha value is -5.61. The molecule has 0 aliphatic heterocycles. The first-order valence-electron chi connectivity index (χ1n) is 19.7. The van der Waals surface area contributed by atoms with Crippen LogP contribution in [0.5, 0.6) is 0 Å². The smallest absolute Gasteiger partial charge is 0.412 e. The van der Waals surface area contributed by atoms with Gasteiger partial charge in [0.2, 0.25) is 11.8 Å². The first kappa shape index (κ1) is 48.8. The molecule has 0 spiro atoms. The Morgan fingerprint density at radius 3 is 2.12 bits per heavy atom. The lowest BCUT2D eigenvalue weighted by molar-refractivity contribution is -0.153. The Morgan fingerprint density at radius 2 is 1.52 bits per heavy atom. The van der Waals surface area contributed by atoms with Crippen LogP contribution in [0.3, 0.4) is 0 Å². The maximum absolute atomic E-state index is 15.1. The number of carbonyl (C=O) groups is 5. The third kappa shape index (κ3) is 15.5. The van der Waals surface area contributed by atoms with Crippen LogP contribution in [0.4, 0.5) is 13.6 Å². The van der Waals surface area contributed by atoms with E-state index in [9.17, 15) is 33.5 Å². The number of hydrogen-bond acceptors (Lipinski definition) is 9. The number of aliphatic hydroxyl groups is 1.